The molecule has 3 aromatic heterocycles. The third-order valence-electron chi connectivity index (χ3n) is 2.69. The Labute approximate surface area is 129 Å². The van der Waals surface area contributed by atoms with Gasteiger partial charge in [-0.1, -0.05) is 5.10 Å². The average molecular weight is 317 g/mol. The molecule has 0 aliphatic rings. The summed E-state index contributed by atoms with van der Waals surface area (Å²) in [6.45, 7) is 1.88. The van der Waals surface area contributed by atoms with Crippen LogP contribution in [0.2, 0.25) is 0 Å². The van der Waals surface area contributed by atoms with Crippen LogP contribution in [0.3, 0.4) is 0 Å². The molecule has 0 atom stereocenters. The zero-order valence-corrected chi connectivity index (χ0v) is 12.5. The number of aromatic nitrogens is 4. The van der Waals surface area contributed by atoms with Crippen LogP contribution in [0.15, 0.2) is 28.1 Å². The molecule has 0 saturated heterocycles. The molecule has 1 amide bonds. The fourth-order valence-corrected chi connectivity index (χ4v) is 2.32. The highest BCUT2D eigenvalue weighted by Gasteiger charge is 2.17. The Morgan fingerprint density at radius 1 is 1.41 bits per heavy atom. The maximum Gasteiger partial charge on any atom is 0.322 e. The monoisotopic (exact) mass is 317 g/mol. The zero-order valence-electron chi connectivity index (χ0n) is 11.7. The van der Waals surface area contributed by atoms with Crippen molar-refractivity contribution in [2.75, 3.05) is 12.4 Å². The van der Waals surface area contributed by atoms with E-state index in [1.54, 1.807) is 17.5 Å². The van der Waals surface area contributed by atoms with E-state index in [0.29, 0.717) is 5.69 Å². The molecule has 0 radical (unpaired) electrons. The number of carbonyl (C=O) groups excluding carboxylic acids is 1. The van der Waals surface area contributed by atoms with Gasteiger partial charge in [0.15, 0.2) is 0 Å². The van der Waals surface area contributed by atoms with Gasteiger partial charge in [-0.3, -0.25) is 10.1 Å². The van der Waals surface area contributed by atoms with Gasteiger partial charge in [0.25, 0.3) is 11.8 Å². The lowest BCUT2D eigenvalue weighted by Crippen LogP contribution is -2.14. The summed E-state index contributed by atoms with van der Waals surface area (Å²) < 4.78 is 10.4. The molecule has 3 rings (SSSR count). The van der Waals surface area contributed by atoms with Crippen LogP contribution in [0.1, 0.15) is 15.4 Å². The topological polar surface area (TPSA) is 103 Å². The van der Waals surface area contributed by atoms with Crippen molar-refractivity contribution >= 4 is 23.3 Å². The van der Waals surface area contributed by atoms with Crippen LogP contribution >= 0.6 is 11.3 Å². The second kappa shape index (κ2) is 5.90. The number of ether oxygens (including phenoxy) is 1. The van der Waals surface area contributed by atoms with Crippen molar-refractivity contribution in [2.24, 2.45) is 0 Å². The van der Waals surface area contributed by atoms with Crippen molar-refractivity contribution in [3.63, 3.8) is 0 Å². The molecule has 0 saturated carbocycles. The summed E-state index contributed by atoms with van der Waals surface area (Å²) in [4.78, 5) is 20.4. The van der Waals surface area contributed by atoms with E-state index in [0.717, 1.165) is 5.01 Å². The summed E-state index contributed by atoms with van der Waals surface area (Å²) in [5.41, 5.74) is 0.851. The first-order chi connectivity index (χ1) is 10.7. The van der Waals surface area contributed by atoms with Crippen LogP contribution in [0.25, 0.3) is 11.6 Å². The van der Waals surface area contributed by atoms with Crippen molar-refractivity contribution in [1.82, 2.24) is 20.2 Å². The Bertz CT molecular complexity index is 813. The standard InChI is InChI=1S/C13H11N5O3S/c1-7-15-9(6-22-7)12-17-18-13(21-12)16-10(19)8-4-3-5-14-11(8)20-2/h3-6H,1-2H3,(H,16,18,19). The molecular formula is C13H11N5O3S. The molecule has 8 nitrogen and oxygen atoms in total. The number of carbonyl (C=O) groups is 1. The van der Waals surface area contributed by atoms with E-state index in [2.05, 4.69) is 25.5 Å². The smallest absolute Gasteiger partial charge is 0.322 e. The van der Waals surface area contributed by atoms with Gasteiger partial charge in [-0.25, -0.2) is 9.97 Å². The molecule has 112 valence electrons. The molecule has 1 N–H and O–H groups in total. The molecule has 0 aliphatic carbocycles. The van der Waals surface area contributed by atoms with Crippen molar-refractivity contribution in [3.05, 3.63) is 34.3 Å². The van der Waals surface area contributed by atoms with E-state index in [1.807, 2.05) is 6.92 Å². The third kappa shape index (κ3) is 2.79. The molecule has 3 heterocycles. The van der Waals surface area contributed by atoms with Gasteiger partial charge in [0, 0.05) is 11.6 Å². The van der Waals surface area contributed by atoms with E-state index in [4.69, 9.17) is 9.15 Å². The number of anilines is 1. The van der Waals surface area contributed by atoms with Gasteiger partial charge < -0.3 is 9.15 Å². The highest BCUT2D eigenvalue weighted by molar-refractivity contribution is 7.09. The largest absolute Gasteiger partial charge is 0.480 e. The molecule has 0 aliphatic heterocycles. The summed E-state index contributed by atoms with van der Waals surface area (Å²) in [6, 6.07) is 3.20. The molecule has 0 bridgehead atoms. The highest BCUT2D eigenvalue weighted by atomic mass is 32.1. The normalized spacial score (nSPS) is 10.5. The van der Waals surface area contributed by atoms with Crippen molar-refractivity contribution in [1.29, 1.82) is 0 Å². The Hall–Kier alpha value is -2.81. The fourth-order valence-electron chi connectivity index (χ4n) is 1.73. The average Bonchev–Trinajstić information content (AvgIpc) is 3.16. The fraction of sp³-hybridized carbons (Fsp3) is 0.154. The minimum atomic E-state index is -0.449. The number of hydrogen-bond donors (Lipinski definition) is 1. The first-order valence-electron chi connectivity index (χ1n) is 6.23. The maximum atomic E-state index is 12.2. The number of nitrogens with zero attached hydrogens (tertiary/aromatic N) is 4. The number of aryl methyl sites for hydroxylation is 1. The van der Waals surface area contributed by atoms with Gasteiger partial charge in [0.1, 0.15) is 11.3 Å². The predicted molar refractivity (Wildman–Crippen MR) is 78.9 cm³/mol. The van der Waals surface area contributed by atoms with E-state index in [1.165, 1.54) is 24.6 Å². The van der Waals surface area contributed by atoms with Gasteiger partial charge in [0.05, 0.1) is 12.1 Å². The maximum absolute atomic E-state index is 12.2. The number of rotatable bonds is 4. The minimum absolute atomic E-state index is 0.0171. The number of nitrogens with one attached hydrogen (secondary N) is 1. The summed E-state index contributed by atoms with van der Waals surface area (Å²) in [6.07, 6.45) is 1.53. The van der Waals surface area contributed by atoms with Crippen LogP contribution in [0, 0.1) is 6.92 Å². The number of methoxy groups -OCH3 is 1. The van der Waals surface area contributed by atoms with Crippen molar-refractivity contribution in [2.45, 2.75) is 6.92 Å². The molecular weight excluding hydrogens is 306 g/mol. The van der Waals surface area contributed by atoms with Crippen LogP contribution in [0.4, 0.5) is 6.01 Å². The van der Waals surface area contributed by atoms with Crippen molar-refractivity contribution < 1.29 is 13.9 Å². The van der Waals surface area contributed by atoms with Crippen LogP contribution in [-0.2, 0) is 0 Å². The third-order valence-corrected chi connectivity index (χ3v) is 3.47. The van der Waals surface area contributed by atoms with E-state index >= 15 is 0 Å². The Morgan fingerprint density at radius 3 is 3.00 bits per heavy atom. The SMILES string of the molecule is COc1ncccc1C(=O)Nc1nnc(-c2csc(C)n2)o1. The number of amides is 1. The van der Waals surface area contributed by atoms with Crippen LogP contribution in [-0.4, -0.2) is 33.2 Å². The predicted octanol–water partition coefficient (Wildman–Crippen LogP) is 2.16. The van der Waals surface area contributed by atoms with E-state index < -0.39 is 5.91 Å². The Morgan fingerprint density at radius 2 is 2.27 bits per heavy atom. The summed E-state index contributed by atoms with van der Waals surface area (Å²) >= 11 is 1.47. The van der Waals surface area contributed by atoms with Gasteiger partial charge >= 0.3 is 6.01 Å². The minimum Gasteiger partial charge on any atom is -0.480 e. The first kappa shape index (κ1) is 14.1. The molecule has 0 unspecified atom stereocenters. The van der Waals surface area contributed by atoms with Crippen LogP contribution in [0.5, 0.6) is 5.88 Å². The summed E-state index contributed by atoms with van der Waals surface area (Å²) in [5.74, 6) is 0.0160. The molecule has 22 heavy (non-hydrogen) atoms. The van der Waals surface area contributed by atoms with Crippen LogP contribution < -0.4 is 10.1 Å². The number of hydrogen-bond acceptors (Lipinski definition) is 8. The molecule has 0 aromatic carbocycles. The highest BCUT2D eigenvalue weighted by Crippen LogP contribution is 2.22. The molecule has 0 spiro atoms. The lowest BCUT2D eigenvalue weighted by atomic mass is 10.2. The second-order valence-electron chi connectivity index (χ2n) is 4.18. The number of thiazole rings is 1. The lowest BCUT2D eigenvalue weighted by Gasteiger charge is -2.04. The van der Waals surface area contributed by atoms with Gasteiger partial charge in [0.2, 0.25) is 5.88 Å². The summed E-state index contributed by atoms with van der Waals surface area (Å²) in [5, 5.41) is 12.8. The van der Waals surface area contributed by atoms with E-state index in [-0.39, 0.29) is 23.3 Å². The molecule has 0 fully saturated rings. The van der Waals surface area contributed by atoms with Gasteiger partial charge in [-0.15, -0.1) is 16.4 Å². The number of pyridine rings is 1. The zero-order chi connectivity index (χ0) is 15.5. The lowest BCUT2D eigenvalue weighted by molar-refractivity contribution is 0.102. The Balaban J connectivity index is 1.79. The first-order valence-corrected chi connectivity index (χ1v) is 7.11. The summed E-state index contributed by atoms with van der Waals surface area (Å²) in [7, 11) is 1.44. The molecule has 3 aromatic rings. The quantitative estimate of drug-likeness (QED) is 0.786. The molecule has 9 heteroatoms. The Kier molecular flexibility index (Phi) is 3.79. The van der Waals surface area contributed by atoms with E-state index in [9.17, 15) is 4.79 Å². The van der Waals surface area contributed by atoms with Gasteiger partial charge in [-0.2, -0.15) is 0 Å². The van der Waals surface area contributed by atoms with Gasteiger partial charge in [-0.05, 0) is 19.1 Å². The van der Waals surface area contributed by atoms with Crippen molar-refractivity contribution in [3.8, 4) is 17.5 Å². The second-order valence-corrected chi connectivity index (χ2v) is 5.24.